The number of aromatic carboxylic acids is 1. The maximum atomic E-state index is 11.0. The van der Waals surface area contributed by atoms with E-state index in [-0.39, 0.29) is 17.4 Å². The Labute approximate surface area is 104 Å². The number of carbonyl (C=O) groups is 1. The maximum Gasteiger partial charge on any atom is 0.339 e. The van der Waals surface area contributed by atoms with Crippen LogP contribution >= 0.6 is 0 Å². The Morgan fingerprint density at radius 1 is 1.33 bits per heavy atom. The summed E-state index contributed by atoms with van der Waals surface area (Å²) < 4.78 is 0. The number of nitrogens with zero attached hydrogens (tertiary/aromatic N) is 3. The molecule has 1 atom stereocenters. The lowest BCUT2D eigenvalue weighted by molar-refractivity contribution is 0.0697. The Morgan fingerprint density at radius 3 is 2.83 bits per heavy atom. The predicted octanol–water partition coefficient (Wildman–Crippen LogP) is 1.74. The second-order valence-corrected chi connectivity index (χ2v) is 3.72. The first kappa shape index (κ1) is 12.0. The van der Waals surface area contributed by atoms with Gasteiger partial charge in [-0.2, -0.15) is 5.10 Å². The van der Waals surface area contributed by atoms with Gasteiger partial charge in [0.25, 0.3) is 0 Å². The molecule has 0 saturated heterocycles. The molecule has 1 unspecified atom stereocenters. The Kier molecular flexibility index (Phi) is 3.47. The molecule has 0 bridgehead atoms. The number of pyridine rings is 1. The van der Waals surface area contributed by atoms with Gasteiger partial charge in [-0.1, -0.05) is 6.07 Å². The lowest BCUT2D eigenvalue weighted by Gasteiger charge is -2.14. The van der Waals surface area contributed by atoms with Crippen molar-refractivity contribution in [2.45, 2.75) is 13.0 Å². The first-order valence-corrected chi connectivity index (χ1v) is 5.41. The molecule has 6 nitrogen and oxygen atoms in total. The lowest BCUT2D eigenvalue weighted by atomic mass is 10.2. The molecule has 0 radical (unpaired) electrons. The molecule has 0 aliphatic rings. The van der Waals surface area contributed by atoms with Gasteiger partial charge in [0, 0.05) is 6.20 Å². The monoisotopic (exact) mass is 244 g/mol. The lowest BCUT2D eigenvalue weighted by Crippen LogP contribution is -2.13. The van der Waals surface area contributed by atoms with Gasteiger partial charge in [0.05, 0.1) is 17.9 Å². The normalized spacial score (nSPS) is 11.8. The van der Waals surface area contributed by atoms with Crippen LogP contribution < -0.4 is 5.32 Å². The second kappa shape index (κ2) is 5.22. The zero-order chi connectivity index (χ0) is 13.0. The fraction of sp³-hybridized carbons (Fsp3) is 0.167. The van der Waals surface area contributed by atoms with Crippen LogP contribution in [-0.4, -0.2) is 26.3 Å². The van der Waals surface area contributed by atoms with Crippen LogP contribution in [0.15, 0.2) is 36.7 Å². The standard InChI is InChI=1S/C12H12N4O2/c1-8(10-4-2-3-6-13-10)15-11-9(12(17)18)5-7-14-16-11/h2-8H,1H3,(H,15,16)(H,17,18). The van der Waals surface area contributed by atoms with Crippen LogP contribution in [0, 0.1) is 0 Å². The quantitative estimate of drug-likeness (QED) is 0.851. The summed E-state index contributed by atoms with van der Waals surface area (Å²) in [5.41, 5.74) is 0.896. The summed E-state index contributed by atoms with van der Waals surface area (Å²) in [6.07, 6.45) is 3.03. The van der Waals surface area contributed by atoms with Crippen molar-refractivity contribution in [1.82, 2.24) is 15.2 Å². The van der Waals surface area contributed by atoms with Crippen molar-refractivity contribution in [1.29, 1.82) is 0 Å². The molecule has 0 aliphatic carbocycles. The summed E-state index contributed by atoms with van der Waals surface area (Å²) >= 11 is 0. The van der Waals surface area contributed by atoms with Gasteiger partial charge in [0.2, 0.25) is 0 Å². The van der Waals surface area contributed by atoms with Gasteiger partial charge in [-0.3, -0.25) is 4.98 Å². The third-order valence-corrected chi connectivity index (χ3v) is 2.44. The number of rotatable bonds is 4. The Morgan fingerprint density at radius 2 is 2.17 bits per heavy atom. The van der Waals surface area contributed by atoms with E-state index < -0.39 is 5.97 Å². The molecule has 2 rings (SSSR count). The van der Waals surface area contributed by atoms with Crippen LogP contribution in [-0.2, 0) is 0 Å². The van der Waals surface area contributed by atoms with Gasteiger partial charge < -0.3 is 10.4 Å². The third-order valence-electron chi connectivity index (χ3n) is 2.44. The molecule has 18 heavy (non-hydrogen) atoms. The summed E-state index contributed by atoms with van der Waals surface area (Å²) in [7, 11) is 0. The van der Waals surface area contributed by atoms with E-state index in [2.05, 4.69) is 20.5 Å². The molecule has 0 saturated carbocycles. The SMILES string of the molecule is CC(Nc1nnccc1C(=O)O)c1ccccn1. The van der Waals surface area contributed by atoms with Crippen LogP contribution in [0.25, 0.3) is 0 Å². The topological polar surface area (TPSA) is 88.0 Å². The molecule has 2 aromatic rings. The van der Waals surface area contributed by atoms with E-state index in [9.17, 15) is 4.79 Å². The molecule has 0 fully saturated rings. The predicted molar refractivity (Wildman–Crippen MR) is 65.3 cm³/mol. The van der Waals surface area contributed by atoms with Crippen LogP contribution in [0.5, 0.6) is 0 Å². The van der Waals surface area contributed by atoms with Crippen molar-refractivity contribution in [3.05, 3.63) is 47.9 Å². The van der Waals surface area contributed by atoms with Crippen LogP contribution in [0.3, 0.4) is 0 Å². The van der Waals surface area contributed by atoms with Gasteiger partial charge in [-0.05, 0) is 25.1 Å². The van der Waals surface area contributed by atoms with E-state index in [0.29, 0.717) is 0 Å². The molecule has 0 aromatic carbocycles. The van der Waals surface area contributed by atoms with E-state index >= 15 is 0 Å². The van der Waals surface area contributed by atoms with Gasteiger partial charge in [0.1, 0.15) is 5.56 Å². The van der Waals surface area contributed by atoms with Crippen molar-refractivity contribution in [2.75, 3.05) is 5.32 Å². The van der Waals surface area contributed by atoms with E-state index in [4.69, 9.17) is 5.11 Å². The Balaban J connectivity index is 2.22. The zero-order valence-electron chi connectivity index (χ0n) is 9.74. The van der Waals surface area contributed by atoms with E-state index in [0.717, 1.165) is 5.69 Å². The van der Waals surface area contributed by atoms with E-state index in [1.165, 1.54) is 12.3 Å². The van der Waals surface area contributed by atoms with Gasteiger partial charge in [-0.15, -0.1) is 5.10 Å². The number of aromatic nitrogens is 3. The molecule has 92 valence electrons. The summed E-state index contributed by atoms with van der Waals surface area (Å²) in [4.78, 5) is 15.2. The highest BCUT2D eigenvalue weighted by Gasteiger charge is 2.14. The summed E-state index contributed by atoms with van der Waals surface area (Å²) in [5.74, 6) is -0.802. The van der Waals surface area contributed by atoms with Gasteiger partial charge in [-0.25, -0.2) is 4.79 Å². The largest absolute Gasteiger partial charge is 0.478 e. The molecular weight excluding hydrogens is 232 g/mol. The molecule has 2 aromatic heterocycles. The number of carboxylic acids is 1. The highest BCUT2D eigenvalue weighted by molar-refractivity contribution is 5.92. The highest BCUT2D eigenvalue weighted by Crippen LogP contribution is 2.18. The van der Waals surface area contributed by atoms with Crippen molar-refractivity contribution in [3.8, 4) is 0 Å². The minimum atomic E-state index is -1.04. The average Bonchev–Trinajstić information content (AvgIpc) is 2.40. The van der Waals surface area contributed by atoms with Crippen molar-refractivity contribution in [2.24, 2.45) is 0 Å². The summed E-state index contributed by atoms with van der Waals surface area (Å²) in [6.45, 7) is 1.88. The van der Waals surface area contributed by atoms with Crippen LogP contribution in [0.2, 0.25) is 0 Å². The van der Waals surface area contributed by atoms with Crippen LogP contribution in [0.1, 0.15) is 29.0 Å². The molecular formula is C12H12N4O2. The van der Waals surface area contributed by atoms with Crippen molar-refractivity contribution >= 4 is 11.8 Å². The zero-order valence-corrected chi connectivity index (χ0v) is 9.74. The number of carboxylic acid groups (broad SMARTS) is 1. The van der Waals surface area contributed by atoms with E-state index in [1.54, 1.807) is 6.20 Å². The molecule has 2 heterocycles. The number of nitrogens with one attached hydrogen (secondary N) is 1. The minimum Gasteiger partial charge on any atom is -0.478 e. The van der Waals surface area contributed by atoms with Crippen LogP contribution in [0.4, 0.5) is 5.82 Å². The average molecular weight is 244 g/mol. The second-order valence-electron chi connectivity index (χ2n) is 3.72. The fourth-order valence-corrected chi connectivity index (χ4v) is 1.52. The highest BCUT2D eigenvalue weighted by atomic mass is 16.4. The van der Waals surface area contributed by atoms with Crippen molar-refractivity contribution < 1.29 is 9.90 Å². The summed E-state index contributed by atoms with van der Waals surface area (Å²) in [5, 5.41) is 19.5. The maximum absolute atomic E-state index is 11.0. The third kappa shape index (κ3) is 2.60. The molecule has 6 heteroatoms. The Bertz CT molecular complexity index is 545. The molecule has 2 N–H and O–H groups in total. The fourth-order valence-electron chi connectivity index (χ4n) is 1.52. The molecule has 0 aliphatic heterocycles. The number of hydrogen-bond acceptors (Lipinski definition) is 5. The van der Waals surface area contributed by atoms with Gasteiger partial charge in [0.15, 0.2) is 5.82 Å². The first-order chi connectivity index (χ1) is 8.68. The van der Waals surface area contributed by atoms with E-state index in [1.807, 2.05) is 25.1 Å². The summed E-state index contributed by atoms with van der Waals surface area (Å²) in [6, 6.07) is 6.80. The van der Waals surface area contributed by atoms with Gasteiger partial charge >= 0.3 is 5.97 Å². The number of anilines is 1. The molecule has 0 amide bonds. The Hall–Kier alpha value is -2.50. The smallest absolute Gasteiger partial charge is 0.339 e. The first-order valence-electron chi connectivity index (χ1n) is 5.41. The minimum absolute atomic E-state index is 0.0905. The van der Waals surface area contributed by atoms with Crippen molar-refractivity contribution in [3.63, 3.8) is 0 Å². The molecule has 0 spiro atoms. The number of hydrogen-bond donors (Lipinski definition) is 2.